The summed E-state index contributed by atoms with van der Waals surface area (Å²) in [6, 6.07) is 13.2. The van der Waals surface area contributed by atoms with Crippen LogP contribution in [0.3, 0.4) is 0 Å². The van der Waals surface area contributed by atoms with Gasteiger partial charge in [-0.05, 0) is 67.6 Å². The van der Waals surface area contributed by atoms with Crippen molar-refractivity contribution in [1.29, 1.82) is 0 Å². The van der Waals surface area contributed by atoms with Gasteiger partial charge in [0.15, 0.2) is 0 Å². The van der Waals surface area contributed by atoms with Gasteiger partial charge in [-0.3, -0.25) is 9.69 Å². The highest BCUT2D eigenvalue weighted by molar-refractivity contribution is 6.42. The minimum Gasteiger partial charge on any atom is -0.497 e. The predicted molar refractivity (Wildman–Crippen MR) is 137 cm³/mol. The fraction of sp³-hybridized carbons (Fsp3) is 0.444. The zero-order chi connectivity index (χ0) is 24.3. The van der Waals surface area contributed by atoms with Gasteiger partial charge < -0.3 is 15.2 Å². The van der Waals surface area contributed by atoms with Gasteiger partial charge in [-0.2, -0.15) is 0 Å². The van der Waals surface area contributed by atoms with E-state index in [4.69, 9.17) is 27.9 Å². The van der Waals surface area contributed by atoms with Crippen molar-refractivity contribution in [1.82, 2.24) is 10.2 Å². The Labute approximate surface area is 211 Å². The molecule has 0 aromatic heterocycles. The van der Waals surface area contributed by atoms with E-state index in [2.05, 4.69) is 22.9 Å². The number of hydrogen-bond acceptors (Lipinski definition) is 4. The Hall–Kier alpha value is -2.05. The molecule has 2 N–H and O–H groups in total. The molecule has 2 aromatic carbocycles. The Balaban J connectivity index is 1.57. The van der Waals surface area contributed by atoms with E-state index in [0.29, 0.717) is 29.4 Å². The molecule has 0 radical (unpaired) electrons. The van der Waals surface area contributed by atoms with Crippen LogP contribution in [-0.4, -0.2) is 54.3 Å². The molecule has 1 amide bonds. The Morgan fingerprint density at radius 1 is 1.26 bits per heavy atom. The first-order valence-corrected chi connectivity index (χ1v) is 12.5. The molecule has 1 aliphatic carbocycles. The number of amides is 1. The fourth-order valence-electron chi connectivity index (χ4n) is 5.75. The van der Waals surface area contributed by atoms with E-state index >= 15 is 0 Å². The van der Waals surface area contributed by atoms with Crippen LogP contribution >= 0.6 is 23.2 Å². The number of halogens is 2. The highest BCUT2D eigenvalue weighted by Gasteiger charge is 2.57. The van der Waals surface area contributed by atoms with E-state index in [-0.39, 0.29) is 18.4 Å². The Bertz CT molecular complexity index is 1060. The number of benzene rings is 2. The van der Waals surface area contributed by atoms with Gasteiger partial charge in [0.05, 0.1) is 29.2 Å². The van der Waals surface area contributed by atoms with Gasteiger partial charge in [-0.1, -0.05) is 47.5 Å². The normalized spacial score (nSPS) is 27.0. The zero-order valence-electron chi connectivity index (χ0n) is 19.5. The van der Waals surface area contributed by atoms with Crippen molar-refractivity contribution in [3.8, 4) is 5.75 Å². The molecule has 1 saturated heterocycles. The molecule has 2 aliphatic rings. The lowest BCUT2D eigenvalue weighted by Gasteiger charge is -2.58. The predicted octanol–water partition coefficient (Wildman–Crippen LogP) is 4.77. The molecule has 2 aromatic rings. The molecule has 0 unspecified atom stereocenters. The first-order valence-electron chi connectivity index (χ1n) is 11.7. The van der Waals surface area contributed by atoms with Crippen molar-refractivity contribution < 1.29 is 14.6 Å². The minimum atomic E-state index is -0.897. The first-order chi connectivity index (χ1) is 16.3. The third kappa shape index (κ3) is 4.99. The zero-order valence-corrected chi connectivity index (χ0v) is 21.0. The van der Waals surface area contributed by atoms with Crippen LogP contribution in [0.1, 0.15) is 36.8 Å². The monoisotopic (exact) mass is 502 g/mol. The largest absolute Gasteiger partial charge is 0.497 e. The minimum absolute atomic E-state index is 0.0345. The second-order valence-electron chi connectivity index (χ2n) is 9.55. The van der Waals surface area contributed by atoms with Gasteiger partial charge in [0, 0.05) is 24.5 Å². The number of methoxy groups -OCH3 is 1. The van der Waals surface area contributed by atoms with Crippen molar-refractivity contribution in [3.05, 3.63) is 76.3 Å². The van der Waals surface area contributed by atoms with E-state index in [0.717, 1.165) is 42.8 Å². The van der Waals surface area contributed by atoms with Crippen molar-refractivity contribution in [2.45, 2.75) is 49.2 Å². The number of β-amino-alcohol motifs (C(OH)–C–C–N with tert-alkyl or cyclic N) is 1. The number of carbonyl (C=O) groups is 1. The summed E-state index contributed by atoms with van der Waals surface area (Å²) >= 11 is 12.1. The molecule has 3 atom stereocenters. The molecule has 1 saturated carbocycles. The van der Waals surface area contributed by atoms with Crippen molar-refractivity contribution in [2.75, 3.05) is 26.7 Å². The quantitative estimate of drug-likeness (QED) is 0.535. The van der Waals surface area contributed by atoms with Crippen LogP contribution in [0.2, 0.25) is 10.0 Å². The first kappa shape index (κ1) is 25.1. The lowest BCUT2D eigenvalue weighted by Crippen LogP contribution is -2.67. The SMILES string of the molecule is C=CCN1CC[C@@]2(c3cccc(OC)c3)C[C@H](NC(=O)Cc3ccc(Cl)c(Cl)c3)CC[C@]2(O)C1. The maximum Gasteiger partial charge on any atom is 0.224 e. The molecular formula is C27H32Cl2N2O3. The van der Waals surface area contributed by atoms with E-state index in [1.807, 2.05) is 30.3 Å². The highest BCUT2D eigenvalue weighted by Crippen LogP contribution is 2.52. The number of nitrogens with zero attached hydrogens (tertiary/aromatic N) is 1. The fourth-order valence-corrected chi connectivity index (χ4v) is 6.08. The van der Waals surface area contributed by atoms with E-state index in [1.165, 1.54) is 0 Å². The van der Waals surface area contributed by atoms with Gasteiger partial charge in [-0.25, -0.2) is 0 Å². The molecule has 5 nitrogen and oxygen atoms in total. The second-order valence-corrected chi connectivity index (χ2v) is 10.4. The number of rotatable bonds is 7. The summed E-state index contributed by atoms with van der Waals surface area (Å²) in [7, 11) is 1.66. The number of fused-ring (bicyclic) bond motifs is 1. The van der Waals surface area contributed by atoms with Crippen molar-refractivity contribution in [3.63, 3.8) is 0 Å². The molecule has 7 heteroatoms. The van der Waals surface area contributed by atoms with Gasteiger partial charge in [0.1, 0.15) is 5.75 Å². The summed E-state index contributed by atoms with van der Waals surface area (Å²) in [6.07, 6.45) is 4.91. The van der Waals surface area contributed by atoms with E-state index in [1.54, 1.807) is 19.2 Å². The van der Waals surface area contributed by atoms with E-state index < -0.39 is 11.0 Å². The third-order valence-corrected chi connectivity index (χ3v) is 8.19. The van der Waals surface area contributed by atoms with Gasteiger partial charge in [0.2, 0.25) is 5.91 Å². The van der Waals surface area contributed by atoms with Crippen LogP contribution in [0.4, 0.5) is 0 Å². The third-order valence-electron chi connectivity index (χ3n) is 7.46. The maximum absolute atomic E-state index is 12.9. The molecule has 0 bridgehead atoms. The Kier molecular flexibility index (Phi) is 7.58. The maximum atomic E-state index is 12.9. The number of nitrogens with one attached hydrogen (secondary N) is 1. The van der Waals surface area contributed by atoms with Crippen LogP contribution in [0, 0.1) is 0 Å². The van der Waals surface area contributed by atoms with Gasteiger partial charge in [-0.15, -0.1) is 6.58 Å². The summed E-state index contributed by atoms with van der Waals surface area (Å²) in [5.41, 5.74) is 0.514. The second kappa shape index (κ2) is 10.3. The average molecular weight is 503 g/mol. The summed E-state index contributed by atoms with van der Waals surface area (Å²) < 4.78 is 5.50. The molecule has 2 fully saturated rings. The molecule has 4 rings (SSSR count). The number of carbonyl (C=O) groups excluding carboxylic acids is 1. The van der Waals surface area contributed by atoms with Crippen LogP contribution in [0.25, 0.3) is 0 Å². The van der Waals surface area contributed by atoms with Crippen LogP contribution in [0.15, 0.2) is 55.1 Å². The number of likely N-dealkylation sites (tertiary alicyclic amines) is 1. The van der Waals surface area contributed by atoms with Crippen LogP contribution in [-0.2, 0) is 16.6 Å². The van der Waals surface area contributed by atoms with Crippen LogP contribution < -0.4 is 10.1 Å². The average Bonchev–Trinajstić information content (AvgIpc) is 2.82. The standard InChI is InChI=1S/C27H32Cl2N2O3/c1-3-12-31-13-11-26(20-5-4-6-22(16-20)34-2)17-21(9-10-27(26,33)18-31)30-25(32)15-19-7-8-23(28)24(29)14-19/h3-8,14,16,21,33H,1,9-13,15,17-18H2,2H3,(H,30,32)/t21-,26+,27+/m1/s1. The number of piperidine rings is 1. The van der Waals surface area contributed by atoms with Crippen molar-refractivity contribution >= 4 is 29.1 Å². The Morgan fingerprint density at radius 2 is 2.09 bits per heavy atom. The summed E-state index contributed by atoms with van der Waals surface area (Å²) in [6.45, 7) is 6.06. The molecule has 1 aliphatic heterocycles. The summed E-state index contributed by atoms with van der Waals surface area (Å²) in [5.74, 6) is 0.715. The Morgan fingerprint density at radius 3 is 2.82 bits per heavy atom. The van der Waals surface area contributed by atoms with Gasteiger partial charge in [0.25, 0.3) is 0 Å². The summed E-state index contributed by atoms with van der Waals surface area (Å²) in [4.78, 5) is 15.2. The molecule has 182 valence electrons. The van der Waals surface area contributed by atoms with E-state index in [9.17, 15) is 9.90 Å². The van der Waals surface area contributed by atoms with Gasteiger partial charge >= 0.3 is 0 Å². The number of hydrogen-bond donors (Lipinski definition) is 2. The number of ether oxygens (including phenoxy) is 1. The molecule has 1 heterocycles. The molecule has 0 spiro atoms. The lowest BCUT2D eigenvalue weighted by atomic mass is 9.55. The molecule has 34 heavy (non-hydrogen) atoms. The lowest BCUT2D eigenvalue weighted by molar-refractivity contribution is -0.132. The number of aliphatic hydroxyl groups is 1. The molecular weight excluding hydrogens is 471 g/mol. The smallest absolute Gasteiger partial charge is 0.224 e. The topological polar surface area (TPSA) is 61.8 Å². The highest BCUT2D eigenvalue weighted by atomic mass is 35.5. The van der Waals surface area contributed by atoms with Crippen molar-refractivity contribution in [2.24, 2.45) is 0 Å². The van der Waals surface area contributed by atoms with Crippen LogP contribution in [0.5, 0.6) is 5.75 Å². The summed E-state index contributed by atoms with van der Waals surface area (Å²) in [5, 5.41) is 16.2.